The minimum atomic E-state index is 0. The summed E-state index contributed by atoms with van der Waals surface area (Å²) in [7, 11) is 0. The fourth-order valence-electron chi connectivity index (χ4n) is 0.321. The minimum absolute atomic E-state index is 0. The van der Waals surface area contributed by atoms with Gasteiger partial charge in [-0.25, -0.2) is 5.43 Å². The van der Waals surface area contributed by atoms with Gasteiger partial charge in [0.05, 0.1) is 0 Å². The molecule has 1 rings (SSSR count). The standard InChI is InChI=1S/C3H7N3.3ClH/c1-2-4-6-5-3-1;;;/h1-2,4-6H,3H2;3*1H. The molecule has 3 N–H and O–H groups in total. The quantitative estimate of drug-likeness (QED) is 0.522. The van der Waals surface area contributed by atoms with Crippen molar-refractivity contribution in [3.05, 3.63) is 12.3 Å². The molecule has 3 nitrogen and oxygen atoms in total. The van der Waals surface area contributed by atoms with Gasteiger partial charge in [0.25, 0.3) is 0 Å². The minimum Gasteiger partial charge on any atom is -0.316 e. The molecule has 1 aliphatic heterocycles. The third kappa shape index (κ3) is 8.33. The van der Waals surface area contributed by atoms with Crippen molar-refractivity contribution in [3.63, 3.8) is 0 Å². The van der Waals surface area contributed by atoms with Crippen LogP contribution >= 0.6 is 37.2 Å². The summed E-state index contributed by atoms with van der Waals surface area (Å²) in [6, 6.07) is 0. The summed E-state index contributed by atoms with van der Waals surface area (Å²) in [6.07, 6.45) is 3.83. The number of hydrazine groups is 2. The van der Waals surface area contributed by atoms with Gasteiger partial charge in [0.15, 0.2) is 0 Å². The van der Waals surface area contributed by atoms with Gasteiger partial charge in [0.1, 0.15) is 0 Å². The van der Waals surface area contributed by atoms with Gasteiger partial charge < -0.3 is 5.43 Å². The van der Waals surface area contributed by atoms with Crippen LogP contribution in [0.3, 0.4) is 0 Å². The second kappa shape index (κ2) is 11.2. The topological polar surface area (TPSA) is 36.1 Å². The number of halogens is 3. The van der Waals surface area contributed by atoms with Crippen molar-refractivity contribution < 1.29 is 0 Å². The highest BCUT2D eigenvalue weighted by Gasteiger charge is 1.79. The molecule has 9 heavy (non-hydrogen) atoms. The lowest BCUT2D eigenvalue weighted by atomic mass is 10.6. The molecular weight excluding hydrogens is 184 g/mol. The van der Waals surface area contributed by atoms with Crippen molar-refractivity contribution in [1.29, 1.82) is 0 Å². The number of nitrogens with one attached hydrogen (secondary N) is 3. The Morgan fingerprint density at radius 1 is 1.11 bits per heavy atom. The van der Waals surface area contributed by atoms with Crippen molar-refractivity contribution in [1.82, 2.24) is 16.4 Å². The van der Waals surface area contributed by atoms with E-state index in [-0.39, 0.29) is 37.2 Å². The predicted octanol–water partition coefficient (Wildman–Crippen LogP) is 0.378. The molecule has 0 spiro atoms. The lowest BCUT2D eigenvalue weighted by molar-refractivity contribution is 0.495. The first-order valence-electron chi connectivity index (χ1n) is 1.88. The summed E-state index contributed by atoms with van der Waals surface area (Å²) >= 11 is 0. The molecule has 0 atom stereocenters. The number of hydrogen-bond donors (Lipinski definition) is 3. The van der Waals surface area contributed by atoms with E-state index in [1.807, 2.05) is 12.3 Å². The van der Waals surface area contributed by atoms with Crippen molar-refractivity contribution in [3.8, 4) is 0 Å². The fourth-order valence-corrected chi connectivity index (χ4v) is 0.321. The summed E-state index contributed by atoms with van der Waals surface area (Å²) in [6.45, 7) is 0.896. The Kier molecular flexibility index (Phi) is 20.1. The second-order valence-electron chi connectivity index (χ2n) is 1.05. The van der Waals surface area contributed by atoms with Crippen LogP contribution in [0.25, 0.3) is 0 Å². The average molecular weight is 194 g/mol. The average Bonchev–Trinajstić information content (AvgIpc) is 1.72. The molecule has 1 heterocycles. The zero-order chi connectivity index (χ0) is 4.24. The highest BCUT2D eigenvalue weighted by atomic mass is 35.5. The van der Waals surface area contributed by atoms with E-state index in [0.29, 0.717) is 0 Å². The van der Waals surface area contributed by atoms with Gasteiger partial charge in [-0.1, -0.05) is 6.08 Å². The monoisotopic (exact) mass is 193 g/mol. The molecule has 58 valence electrons. The van der Waals surface area contributed by atoms with Gasteiger partial charge in [0.2, 0.25) is 0 Å². The molecular formula is C3H10Cl3N3. The van der Waals surface area contributed by atoms with Crippen LogP contribution in [-0.2, 0) is 0 Å². The van der Waals surface area contributed by atoms with Crippen LogP contribution in [0.4, 0.5) is 0 Å². The van der Waals surface area contributed by atoms with Crippen LogP contribution in [-0.4, -0.2) is 6.54 Å². The van der Waals surface area contributed by atoms with Gasteiger partial charge in [0, 0.05) is 12.7 Å². The Balaban J connectivity index is -0.000000120. The van der Waals surface area contributed by atoms with E-state index in [9.17, 15) is 0 Å². The SMILES string of the molecule is C1=CNNNC1.Cl.Cl.Cl. The summed E-state index contributed by atoms with van der Waals surface area (Å²) < 4.78 is 0. The molecule has 0 aliphatic carbocycles. The van der Waals surface area contributed by atoms with E-state index < -0.39 is 0 Å². The molecule has 0 saturated heterocycles. The Labute approximate surface area is 72.8 Å². The molecule has 0 amide bonds. The molecule has 0 aromatic rings. The van der Waals surface area contributed by atoms with Crippen LogP contribution in [0.1, 0.15) is 0 Å². The third-order valence-electron chi connectivity index (χ3n) is 0.582. The summed E-state index contributed by atoms with van der Waals surface area (Å²) in [4.78, 5) is 0. The van der Waals surface area contributed by atoms with E-state index >= 15 is 0 Å². The molecule has 1 aliphatic rings. The second-order valence-corrected chi connectivity index (χ2v) is 1.05. The van der Waals surface area contributed by atoms with Crippen LogP contribution < -0.4 is 16.4 Å². The maximum atomic E-state index is 2.84. The zero-order valence-electron chi connectivity index (χ0n) is 4.59. The molecule has 0 bridgehead atoms. The lowest BCUT2D eigenvalue weighted by Gasteiger charge is -2.07. The Morgan fingerprint density at radius 3 is 1.89 bits per heavy atom. The summed E-state index contributed by atoms with van der Waals surface area (Å²) in [5.41, 5.74) is 8.28. The van der Waals surface area contributed by atoms with E-state index in [0.717, 1.165) is 6.54 Å². The summed E-state index contributed by atoms with van der Waals surface area (Å²) in [5.74, 6) is 0. The molecule has 0 radical (unpaired) electrons. The molecule has 0 unspecified atom stereocenters. The van der Waals surface area contributed by atoms with Crippen LogP contribution in [0, 0.1) is 0 Å². The van der Waals surface area contributed by atoms with Crippen molar-refractivity contribution in [2.45, 2.75) is 0 Å². The van der Waals surface area contributed by atoms with E-state index in [2.05, 4.69) is 16.4 Å². The van der Waals surface area contributed by atoms with E-state index in [1.165, 1.54) is 0 Å². The first-order chi connectivity index (χ1) is 3.00. The van der Waals surface area contributed by atoms with E-state index in [1.54, 1.807) is 0 Å². The van der Waals surface area contributed by atoms with Crippen molar-refractivity contribution >= 4 is 37.2 Å². The number of rotatable bonds is 0. The van der Waals surface area contributed by atoms with Gasteiger partial charge in [-0.2, -0.15) is 5.53 Å². The molecule has 0 fully saturated rings. The Hall–Kier alpha value is 0.330. The summed E-state index contributed by atoms with van der Waals surface area (Å²) in [5, 5.41) is 0. The number of hydrogen-bond acceptors (Lipinski definition) is 3. The van der Waals surface area contributed by atoms with E-state index in [4.69, 9.17) is 0 Å². The maximum Gasteiger partial charge on any atom is 0.0315 e. The molecule has 0 saturated carbocycles. The fraction of sp³-hybridized carbons (Fsp3) is 0.333. The maximum absolute atomic E-state index is 2.84. The normalized spacial score (nSPS) is 13.3. The van der Waals surface area contributed by atoms with Crippen LogP contribution in [0.2, 0.25) is 0 Å². The highest BCUT2D eigenvalue weighted by Crippen LogP contribution is 1.64. The first kappa shape index (κ1) is 16.2. The smallest absolute Gasteiger partial charge is 0.0315 e. The predicted molar refractivity (Wildman–Crippen MR) is 45.2 cm³/mol. The highest BCUT2D eigenvalue weighted by molar-refractivity contribution is 5.86. The van der Waals surface area contributed by atoms with Gasteiger partial charge in [-0.15, -0.1) is 37.2 Å². The largest absolute Gasteiger partial charge is 0.316 e. The van der Waals surface area contributed by atoms with Crippen molar-refractivity contribution in [2.24, 2.45) is 0 Å². The van der Waals surface area contributed by atoms with Crippen molar-refractivity contribution in [2.75, 3.05) is 6.54 Å². The first-order valence-corrected chi connectivity index (χ1v) is 1.88. The van der Waals surface area contributed by atoms with Crippen LogP contribution in [0.15, 0.2) is 12.3 Å². The van der Waals surface area contributed by atoms with Gasteiger partial charge >= 0.3 is 0 Å². The Morgan fingerprint density at radius 2 is 1.78 bits per heavy atom. The zero-order valence-corrected chi connectivity index (χ0v) is 7.04. The van der Waals surface area contributed by atoms with Gasteiger partial charge in [-0.3, -0.25) is 0 Å². The molecule has 6 heteroatoms. The van der Waals surface area contributed by atoms with Crippen LogP contribution in [0.5, 0.6) is 0 Å². The van der Waals surface area contributed by atoms with Gasteiger partial charge in [-0.05, 0) is 0 Å². The molecule has 0 aromatic carbocycles. The lowest BCUT2D eigenvalue weighted by Crippen LogP contribution is -2.43. The third-order valence-corrected chi connectivity index (χ3v) is 0.582. The Bertz CT molecular complexity index is 59.3. The molecule has 0 aromatic heterocycles.